The second-order valence-corrected chi connectivity index (χ2v) is 15.6. The lowest BCUT2D eigenvalue weighted by Crippen LogP contribution is -2.59. The number of carboxylic acid groups (broad SMARTS) is 1. The first-order chi connectivity index (χ1) is 23.3. The van der Waals surface area contributed by atoms with Crippen molar-refractivity contribution in [3.8, 4) is 11.6 Å². The van der Waals surface area contributed by atoms with Crippen LogP contribution < -0.4 is 24.8 Å². The van der Waals surface area contributed by atoms with Crippen LogP contribution in [0.1, 0.15) is 58.8 Å². The highest BCUT2D eigenvalue weighted by Gasteiger charge is 2.62. The van der Waals surface area contributed by atoms with Gasteiger partial charge in [0.1, 0.15) is 29.5 Å². The van der Waals surface area contributed by atoms with Crippen LogP contribution in [0.3, 0.4) is 0 Å². The highest BCUT2D eigenvalue weighted by Crippen LogP contribution is 2.46. The number of amides is 4. The van der Waals surface area contributed by atoms with E-state index < -0.39 is 74.7 Å². The Balaban J connectivity index is 1.30. The summed E-state index contributed by atoms with van der Waals surface area (Å²) in [6, 6.07) is 2.88. The Morgan fingerprint density at radius 2 is 1.88 bits per heavy atom. The molecule has 2 aliphatic heterocycles. The van der Waals surface area contributed by atoms with Crippen LogP contribution in [0.15, 0.2) is 36.5 Å². The van der Waals surface area contributed by atoms with Crippen LogP contribution in [0.25, 0.3) is 11.0 Å². The molecule has 1 aromatic heterocycles. The van der Waals surface area contributed by atoms with Crippen LogP contribution in [0, 0.1) is 17.8 Å². The lowest BCUT2D eigenvalue weighted by Gasteiger charge is -2.31. The third-order valence-electron chi connectivity index (χ3n) is 9.93. The minimum absolute atomic E-state index is 0.00366. The molecule has 264 valence electrons. The van der Waals surface area contributed by atoms with Gasteiger partial charge in [-0.05, 0) is 56.1 Å². The van der Waals surface area contributed by atoms with E-state index in [0.29, 0.717) is 42.5 Å². The lowest BCUT2D eigenvalue weighted by atomic mass is 9.92. The Labute approximate surface area is 284 Å². The topological polar surface area (TPSA) is 206 Å². The van der Waals surface area contributed by atoms with Crippen molar-refractivity contribution in [3.63, 3.8) is 0 Å². The van der Waals surface area contributed by atoms with Gasteiger partial charge in [-0.2, -0.15) is 0 Å². The fourth-order valence-corrected chi connectivity index (χ4v) is 8.14. The molecule has 2 aromatic rings. The van der Waals surface area contributed by atoms with Gasteiger partial charge in [0, 0.05) is 18.4 Å². The Kier molecular flexibility index (Phi) is 9.44. The van der Waals surface area contributed by atoms with Gasteiger partial charge in [0.2, 0.25) is 27.7 Å². The maximum Gasteiger partial charge on any atom is 0.405 e. The van der Waals surface area contributed by atoms with E-state index in [1.165, 1.54) is 11.1 Å². The van der Waals surface area contributed by atoms with E-state index in [0.717, 1.165) is 6.42 Å². The van der Waals surface area contributed by atoms with Crippen molar-refractivity contribution in [1.29, 1.82) is 0 Å². The van der Waals surface area contributed by atoms with Crippen LogP contribution in [0.5, 0.6) is 11.6 Å². The summed E-state index contributed by atoms with van der Waals surface area (Å²) in [6.07, 6.45) is 6.23. The molecule has 7 atom stereocenters. The molecule has 3 heterocycles. The first kappa shape index (κ1) is 34.4. The molecule has 49 heavy (non-hydrogen) atoms. The summed E-state index contributed by atoms with van der Waals surface area (Å²) in [5.41, 5.74) is -0.414. The summed E-state index contributed by atoms with van der Waals surface area (Å²) in [4.78, 5) is 64.0. The predicted molar refractivity (Wildman–Crippen MR) is 176 cm³/mol. The average molecular weight is 699 g/mol. The molecule has 4 amide bonds. The van der Waals surface area contributed by atoms with Gasteiger partial charge in [0.05, 0.1) is 36.1 Å². The smallest absolute Gasteiger partial charge is 0.405 e. The summed E-state index contributed by atoms with van der Waals surface area (Å²) in [5.74, 6) is -2.07. The third kappa shape index (κ3) is 7.43. The Morgan fingerprint density at radius 1 is 1.10 bits per heavy atom. The molecule has 0 radical (unpaired) electrons. The van der Waals surface area contributed by atoms with Crippen molar-refractivity contribution in [2.75, 3.05) is 13.7 Å². The second-order valence-electron chi connectivity index (χ2n) is 13.7. The summed E-state index contributed by atoms with van der Waals surface area (Å²) in [5, 5.41) is 14.2. The number of benzene rings is 1. The van der Waals surface area contributed by atoms with Crippen molar-refractivity contribution >= 4 is 44.9 Å². The molecule has 4 aliphatic rings. The Morgan fingerprint density at radius 3 is 2.59 bits per heavy atom. The van der Waals surface area contributed by atoms with E-state index >= 15 is 0 Å². The fraction of sp³-hybridized carbons (Fsp3) is 0.576. The van der Waals surface area contributed by atoms with Crippen LogP contribution in [-0.4, -0.2) is 94.8 Å². The van der Waals surface area contributed by atoms with E-state index in [1.54, 1.807) is 32.2 Å². The number of sulfonamides is 1. The van der Waals surface area contributed by atoms with Crippen LogP contribution in [0.4, 0.5) is 4.79 Å². The minimum Gasteiger partial charge on any atom is -0.497 e. The van der Waals surface area contributed by atoms with Crippen molar-refractivity contribution < 1.29 is 42.2 Å². The van der Waals surface area contributed by atoms with Gasteiger partial charge in [-0.3, -0.25) is 19.1 Å². The number of ether oxygens (including phenoxy) is 2. The summed E-state index contributed by atoms with van der Waals surface area (Å²) in [7, 11) is -2.35. The largest absolute Gasteiger partial charge is 0.497 e. The van der Waals surface area contributed by atoms with Gasteiger partial charge in [0.15, 0.2) is 0 Å². The molecule has 0 bridgehead atoms. The number of hydrogen-bond acceptors (Lipinski definition) is 10. The number of aromatic nitrogens is 2. The third-order valence-corrected chi connectivity index (χ3v) is 11.8. The first-order valence-corrected chi connectivity index (χ1v) is 18.2. The molecule has 6 rings (SSSR count). The molecular weight excluding hydrogens is 656 g/mol. The molecule has 1 aromatic carbocycles. The van der Waals surface area contributed by atoms with E-state index in [4.69, 9.17) is 9.47 Å². The van der Waals surface area contributed by atoms with Gasteiger partial charge in [-0.1, -0.05) is 32.4 Å². The van der Waals surface area contributed by atoms with Crippen molar-refractivity contribution in [2.45, 2.75) is 87.8 Å². The summed E-state index contributed by atoms with van der Waals surface area (Å²) >= 11 is 0. The SMILES string of the molecule is COc1ccc2nc(O[C@@H]3C[C@H]4C(=O)N[C@]5(C(=O)NS(=O)(=O)C6CC6)C[C@H]5/C=C\[C@H](C)CCC[C@@H](C)[C@H](NC(=O)O)C(=O)N4C3)cnc2c1. The Bertz CT molecular complexity index is 1780. The number of carbonyl (C=O) groups is 4. The highest BCUT2D eigenvalue weighted by atomic mass is 32.2. The number of nitrogens with one attached hydrogen (secondary N) is 3. The zero-order valence-corrected chi connectivity index (χ0v) is 28.4. The number of methoxy groups -OCH3 is 1. The van der Waals surface area contributed by atoms with Gasteiger partial charge in [-0.25, -0.2) is 23.2 Å². The Hall–Kier alpha value is -4.47. The second kappa shape index (κ2) is 13.4. The van der Waals surface area contributed by atoms with E-state index in [1.807, 2.05) is 19.1 Å². The number of hydrogen-bond donors (Lipinski definition) is 4. The lowest BCUT2D eigenvalue weighted by molar-refractivity contribution is -0.142. The number of carbonyl (C=O) groups excluding carboxylic acids is 3. The van der Waals surface area contributed by atoms with Crippen LogP contribution in [0.2, 0.25) is 0 Å². The van der Waals surface area contributed by atoms with Crippen molar-refractivity contribution in [3.05, 3.63) is 36.5 Å². The normalized spacial score (nSPS) is 31.3. The molecule has 0 unspecified atom stereocenters. The molecule has 3 fully saturated rings. The van der Waals surface area contributed by atoms with E-state index in [9.17, 15) is 32.7 Å². The highest BCUT2D eigenvalue weighted by molar-refractivity contribution is 7.91. The van der Waals surface area contributed by atoms with Crippen molar-refractivity contribution in [2.24, 2.45) is 17.8 Å². The first-order valence-electron chi connectivity index (χ1n) is 16.6. The molecule has 0 spiro atoms. The molecule has 2 aliphatic carbocycles. The van der Waals surface area contributed by atoms with Crippen molar-refractivity contribution in [1.82, 2.24) is 30.2 Å². The quantitative estimate of drug-likeness (QED) is 0.308. The molecule has 16 heteroatoms. The van der Waals surface area contributed by atoms with E-state index in [2.05, 4.69) is 25.3 Å². The molecular formula is C33H42N6O9S. The van der Waals surface area contributed by atoms with Gasteiger partial charge in [-0.15, -0.1) is 0 Å². The predicted octanol–water partition coefficient (Wildman–Crippen LogP) is 2.12. The monoisotopic (exact) mass is 698 g/mol. The van der Waals surface area contributed by atoms with Gasteiger partial charge in [0.25, 0.3) is 5.91 Å². The summed E-state index contributed by atoms with van der Waals surface area (Å²) in [6.45, 7) is 3.73. The standard InChI is InChI=1S/C33H42N6O9S/c1-18-5-4-6-19(2)28(36-32(43)44)30(41)39-17-22(48-27-16-34-25-13-21(47-3)9-12-24(25)35-27)14-26(39)29(40)37-33(15-20(33)8-7-18)31(42)38-49(45,46)23-10-11-23/h7-9,12-13,16,18-20,22-23,26,28,36H,4-6,10-11,14-15,17H2,1-3H3,(H,37,40)(H,38,42)(H,43,44)/b8-7-/t18-,19-,20-,22-,26+,28+,33-/m1/s1. The maximum atomic E-state index is 14.2. The fourth-order valence-electron chi connectivity index (χ4n) is 6.78. The number of rotatable bonds is 7. The average Bonchev–Trinajstić information content (AvgIpc) is 3.98. The minimum atomic E-state index is -3.90. The molecule has 2 saturated carbocycles. The molecule has 15 nitrogen and oxygen atoms in total. The maximum absolute atomic E-state index is 14.2. The van der Waals surface area contributed by atoms with Gasteiger partial charge >= 0.3 is 6.09 Å². The van der Waals surface area contributed by atoms with Crippen LogP contribution >= 0.6 is 0 Å². The number of allylic oxidation sites excluding steroid dienone is 1. The zero-order valence-electron chi connectivity index (χ0n) is 27.6. The summed E-state index contributed by atoms with van der Waals surface area (Å²) < 4.78 is 39.1. The zero-order chi connectivity index (χ0) is 35.1. The van der Waals surface area contributed by atoms with E-state index in [-0.39, 0.29) is 31.2 Å². The molecule has 4 N–H and O–H groups in total. The van der Waals surface area contributed by atoms with Crippen LogP contribution in [-0.2, 0) is 24.4 Å². The number of nitrogens with zero attached hydrogens (tertiary/aromatic N) is 3. The number of fused-ring (bicyclic) bond motifs is 3. The van der Waals surface area contributed by atoms with Gasteiger partial charge < -0.3 is 30.1 Å². The molecule has 1 saturated heterocycles.